The molecule has 1 spiro atoms. The van der Waals surface area contributed by atoms with Gasteiger partial charge in [0.15, 0.2) is 0 Å². The summed E-state index contributed by atoms with van der Waals surface area (Å²) in [5.74, 6) is 0.318. The second-order valence-corrected chi connectivity index (χ2v) is 8.33. The van der Waals surface area contributed by atoms with Crippen molar-refractivity contribution < 1.29 is 4.79 Å². The molecule has 4 rings (SSSR count). The van der Waals surface area contributed by atoms with Crippen LogP contribution in [0.4, 0.5) is 5.69 Å². The Kier molecular flexibility index (Phi) is 3.16. The largest absolute Gasteiger partial charge is 0.315 e. The molecule has 1 unspecified atom stereocenters. The summed E-state index contributed by atoms with van der Waals surface area (Å²) in [6.45, 7) is 9.03. The van der Waals surface area contributed by atoms with E-state index in [1.165, 1.54) is 12.0 Å². The number of hydrogen-bond donors (Lipinski definition) is 0. The number of para-hydroxylation sites is 1. The van der Waals surface area contributed by atoms with Crippen LogP contribution in [0.3, 0.4) is 0 Å². The number of carbonyl (C=O) groups excluding carboxylic acids is 1. The molecule has 2 saturated carbocycles. The number of allylic oxidation sites excluding steroid dienone is 3. The van der Waals surface area contributed by atoms with Crippen molar-refractivity contribution in [3.63, 3.8) is 0 Å². The average Bonchev–Trinajstić information content (AvgIpc) is 3.12. The Labute approximate surface area is 145 Å². The topological polar surface area (TPSA) is 20.3 Å². The summed E-state index contributed by atoms with van der Waals surface area (Å²) < 4.78 is 0. The number of carbonyl (C=O) groups is 1. The third-order valence-electron chi connectivity index (χ3n) is 7.73. The molecule has 0 radical (unpaired) electrons. The van der Waals surface area contributed by atoms with E-state index in [0.717, 1.165) is 24.9 Å². The first-order valence-corrected chi connectivity index (χ1v) is 9.07. The number of nitrogens with zero attached hydrogens (tertiary/aromatic N) is 1. The van der Waals surface area contributed by atoms with Crippen LogP contribution < -0.4 is 4.90 Å². The van der Waals surface area contributed by atoms with Crippen LogP contribution in [0.1, 0.15) is 39.5 Å². The third-order valence-corrected chi connectivity index (χ3v) is 7.73. The summed E-state index contributed by atoms with van der Waals surface area (Å²) in [6, 6.07) is 9.99. The second kappa shape index (κ2) is 4.84. The minimum atomic E-state index is -0.0543. The van der Waals surface area contributed by atoms with E-state index in [9.17, 15) is 4.79 Å². The Morgan fingerprint density at radius 2 is 1.88 bits per heavy atom. The molecule has 126 valence electrons. The lowest BCUT2D eigenvalue weighted by atomic mass is 9.57. The van der Waals surface area contributed by atoms with Crippen molar-refractivity contribution in [1.29, 1.82) is 0 Å². The van der Waals surface area contributed by atoms with Gasteiger partial charge in [-0.25, -0.2) is 0 Å². The molecule has 1 amide bonds. The van der Waals surface area contributed by atoms with Gasteiger partial charge in [0, 0.05) is 29.5 Å². The fourth-order valence-corrected chi connectivity index (χ4v) is 6.01. The van der Waals surface area contributed by atoms with E-state index >= 15 is 0 Å². The van der Waals surface area contributed by atoms with Crippen LogP contribution in [0.15, 0.2) is 54.6 Å². The standard InChI is InChI=1S/C22H27NO/c1-16-10-12-22-13-11-18(21(22,3)15-14-20(16,22)2)19(24)23(4)17-8-6-5-7-9-17/h5-9,14-15,18H,1,10-13H2,2-4H3/t18-,20+,21+,22?/m1/s1. The predicted octanol–water partition coefficient (Wildman–Crippen LogP) is 4.98. The molecular weight excluding hydrogens is 294 g/mol. The van der Waals surface area contributed by atoms with Crippen LogP contribution in [0.2, 0.25) is 0 Å². The fourth-order valence-electron chi connectivity index (χ4n) is 6.01. The van der Waals surface area contributed by atoms with Gasteiger partial charge in [-0.2, -0.15) is 0 Å². The molecular formula is C22H27NO. The zero-order valence-electron chi connectivity index (χ0n) is 15.0. The Morgan fingerprint density at radius 1 is 1.17 bits per heavy atom. The Hall–Kier alpha value is -1.83. The molecule has 0 N–H and O–H groups in total. The highest BCUT2D eigenvalue weighted by molar-refractivity contribution is 5.95. The Balaban J connectivity index is 1.69. The molecule has 3 aliphatic carbocycles. The first-order valence-electron chi connectivity index (χ1n) is 9.07. The molecule has 0 heterocycles. The highest BCUT2D eigenvalue weighted by Crippen LogP contribution is 2.76. The highest BCUT2D eigenvalue weighted by Gasteiger charge is 2.70. The number of rotatable bonds is 2. The van der Waals surface area contributed by atoms with Crippen molar-refractivity contribution in [3.8, 4) is 0 Å². The van der Waals surface area contributed by atoms with E-state index in [1.807, 2.05) is 42.3 Å². The molecule has 24 heavy (non-hydrogen) atoms. The SMILES string of the molecule is C=C1CCC23CC[C@H](C(=O)N(C)c4ccccc4)[C@]2(C)C=C[C@@]13C. The molecule has 0 aliphatic heterocycles. The summed E-state index contributed by atoms with van der Waals surface area (Å²) in [5.41, 5.74) is 2.54. The van der Waals surface area contributed by atoms with Crippen molar-refractivity contribution in [2.75, 3.05) is 11.9 Å². The Bertz CT molecular complexity index is 736. The van der Waals surface area contributed by atoms with Crippen molar-refractivity contribution in [3.05, 3.63) is 54.6 Å². The minimum Gasteiger partial charge on any atom is -0.315 e. The van der Waals surface area contributed by atoms with Crippen molar-refractivity contribution >= 4 is 11.6 Å². The van der Waals surface area contributed by atoms with Crippen LogP contribution in [0.25, 0.3) is 0 Å². The molecule has 1 aromatic carbocycles. The highest BCUT2D eigenvalue weighted by atomic mass is 16.2. The molecule has 2 nitrogen and oxygen atoms in total. The number of hydrogen-bond acceptors (Lipinski definition) is 1. The van der Waals surface area contributed by atoms with Crippen LogP contribution in [-0.2, 0) is 4.79 Å². The van der Waals surface area contributed by atoms with Crippen LogP contribution in [0.5, 0.6) is 0 Å². The van der Waals surface area contributed by atoms with Gasteiger partial charge in [-0.15, -0.1) is 0 Å². The van der Waals surface area contributed by atoms with Crippen LogP contribution >= 0.6 is 0 Å². The molecule has 2 heteroatoms. The quantitative estimate of drug-likeness (QED) is 0.704. The zero-order chi connectivity index (χ0) is 17.2. The number of anilines is 1. The summed E-state index contributed by atoms with van der Waals surface area (Å²) in [4.78, 5) is 15.2. The molecule has 0 saturated heterocycles. The van der Waals surface area contributed by atoms with Gasteiger partial charge in [-0.3, -0.25) is 4.79 Å². The molecule has 3 aliphatic rings. The second-order valence-electron chi connectivity index (χ2n) is 8.33. The minimum absolute atomic E-state index is 0.0543. The van der Waals surface area contributed by atoms with Crippen molar-refractivity contribution in [2.45, 2.75) is 39.5 Å². The van der Waals surface area contributed by atoms with Gasteiger partial charge >= 0.3 is 0 Å². The lowest BCUT2D eigenvalue weighted by molar-refractivity contribution is -0.125. The first-order chi connectivity index (χ1) is 11.4. The maximum atomic E-state index is 13.3. The summed E-state index contributed by atoms with van der Waals surface area (Å²) in [5, 5.41) is 0. The third kappa shape index (κ3) is 1.64. The zero-order valence-corrected chi connectivity index (χ0v) is 15.0. The smallest absolute Gasteiger partial charge is 0.230 e. The van der Waals surface area contributed by atoms with Gasteiger partial charge in [-0.05, 0) is 43.2 Å². The maximum absolute atomic E-state index is 13.3. The lowest BCUT2D eigenvalue weighted by Crippen LogP contribution is -2.45. The van der Waals surface area contributed by atoms with E-state index in [4.69, 9.17) is 0 Å². The molecule has 2 fully saturated rings. The summed E-state index contributed by atoms with van der Waals surface area (Å²) >= 11 is 0. The van der Waals surface area contributed by atoms with Gasteiger partial charge in [-0.1, -0.05) is 56.4 Å². The van der Waals surface area contributed by atoms with E-state index in [2.05, 4.69) is 32.6 Å². The lowest BCUT2D eigenvalue weighted by Gasteiger charge is -2.46. The summed E-state index contributed by atoms with van der Waals surface area (Å²) in [6.07, 6.45) is 9.11. The fraction of sp³-hybridized carbons (Fsp3) is 0.500. The molecule has 1 aromatic rings. The van der Waals surface area contributed by atoms with Crippen LogP contribution in [0, 0.1) is 22.2 Å². The van der Waals surface area contributed by atoms with Gasteiger partial charge in [0.05, 0.1) is 0 Å². The molecule has 0 bridgehead atoms. The van der Waals surface area contributed by atoms with E-state index in [1.54, 1.807) is 0 Å². The molecule has 0 aromatic heterocycles. The van der Waals surface area contributed by atoms with Gasteiger partial charge < -0.3 is 4.90 Å². The van der Waals surface area contributed by atoms with Gasteiger partial charge in [0.1, 0.15) is 0 Å². The van der Waals surface area contributed by atoms with Gasteiger partial charge in [0.25, 0.3) is 0 Å². The van der Waals surface area contributed by atoms with E-state index in [-0.39, 0.29) is 28.1 Å². The van der Waals surface area contributed by atoms with Crippen molar-refractivity contribution in [2.24, 2.45) is 22.2 Å². The van der Waals surface area contributed by atoms with Gasteiger partial charge in [0.2, 0.25) is 5.91 Å². The molecule has 4 atom stereocenters. The van der Waals surface area contributed by atoms with E-state index in [0.29, 0.717) is 0 Å². The number of amides is 1. The monoisotopic (exact) mass is 321 g/mol. The van der Waals surface area contributed by atoms with E-state index < -0.39 is 0 Å². The average molecular weight is 321 g/mol. The Morgan fingerprint density at radius 3 is 2.58 bits per heavy atom. The normalized spacial score (nSPS) is 39.8. The predicted molar refractivity (Wildman–Crippen MR) is 98.7 cm³/mol. The first kappa shape index (κ1) is 15.7. The van der Waals surface area contributed by atoms with Crippen LogP contribution in [-0.4, -0.2) is 13.0 Å². The summed E-state index contributed by atoms with van der Waals surface area (Å²) in [7, 11) is 1.91. The maximum Gasteiger partial charge on any atom is 0.230 e. The van der Waals surface area contributed by atoms with Crippen molar-refractivity contribution in [1.82, 2.24) is 0 Å². The number of benzene rings is 1.